The van der Waals surface area contributed by atoms with Crippen LogP contribution in [-0.2, 0) is 11.8 Å². The van der Waals surface area contributed by atoms with Gasteiger partial charge < -0.3 is 9.30 Å². The number of hydrogen-bond acceptors (Lipinski definition) is 3. The summed E-state index contributed by atoms with van der Waals surface area (Å²) >= 11 is 0. The number of carbonyl (C=O) groups excluding carboxylic acids is 1. The fourth-order valence-corrected chi connectivity index (χ4v) is 2.54. The van der Waals surface area contributed by atoms with E-state index in [0.29, 0.717) is 5.75 Å². The summed E-state index contributed by atoms with van der Waals surface area (Å²) in [6.45, 7) is 1.90. The van der Waals surface area contributed by atoms with E-state index in [-0.39, 0.29) is 12.5 Å². The minimum absolute atomic E-state index is 0.0731. The minimum Gasteiger partial charge on any atom is -0.484 e. The molecule has 0 saturated carbocycles. The van der Waals surface area contributed by atoms with Gasteiger partial charge in [-0.05, 0) is 30.7 Å². The van der Waals surface area contributed by atoms with Gasteiger partial charge >= 0.3 is 0 Å². The highest BCUT2D eigenvalue weighted by Crippen LogP contribution is 2.18. The van der Waals surface area contributed by atoms with E-state index in [1.165, 1.54) is 0 Å². The third-order valence-corrected chi connectivity index (χ3v) is 3.68. The molecule has 5 nitrogen and oxygen atoms in total. The van der Waals surface area contributed by atoms with Gasteiger partial charge in [0.25, 0.3) is 5.91 Å². The Morgan fingerprint density at radius 3 is 2.92 bits per heavy atom. The Morgan fingerprint density at radius 2 is 2.08 bits per heavy atom. The monoisotopic (exact) mass is 321 g/mol. The SMILES string of the molecule is Cc1cccc(OCC(=O)NN=Cc2cn(C)c3ccccc23)c1. The maximum Gasteiger partial charge on any atom is 0.277 e. The van der Waals surface area contributed by atoms with Crippen molar-refractivity contribution in [2.45, 2.75) is 6.92 Å². The van der Waals surface area contributed by atoms with Crippen molar-refractivity contribution in [3.05, 3.63) is 65.9 Å². The molecule has 5 heteroatoms. The third kappa shape index (κ3) is 3.63. The third-order valence-electron chi connectivity index (χ3n) is 3.68. The van der Waals surface area contributed by atoms with Crippen LogP contribution in [0.4, 0.5) is 0 Å². The zero-order valence-electron chi connectivity index (χ0n) is 13.7. The normalized spacial score (nSPS) is 11.1. The summed E-state index contributed by atoms with van der Waals surface area (Å²) in [6, 6.07) is 15.6. The number of aromatic nitrogens is 1. The summed E-state index contributed by atoms with van der Waals surface area (Å²) in [6.07, 6.45) is 3.62. The first-order valence-corrected chi connectivity index (χ1v) is 7.69. The number of para-hydroxylation sites is 1. The Bertz CT molecular complexity index is 897. The van der Waals surface area contributed by atoms with Crippen molar-refractivity contribution in [1.29, 1.82) is 0 Å². The average Bonchev–Trinajstić information content (AvgIpc) is 2.90. The molecule has 0 radical (unpaired) electrons. The quantitative estimate of drug-likeness (QED) is 0.580. The summed E-state index contributed by atoms with van der Waals surface area (Å²) in [5, 5.41) is 5.11. The summed E-state index contributed by atoms with van der Waals surface area (Å²) in [7, 11) is 1.98. The highest BCUT2D eigenvalue weighted by atomic mass is 16.5. The zero-order valence-corrected chi connectivity index (χ0v) is 13.7. The van der Waals surface area contributed by atoms with Crippen LogP contribution < -0.4 is 10.2 Å². The molecule has 0 unspecified atom stereocenters. The van der Waals surface area contributed by atoms with Crippen LogP contribution in [0.1, 0.15) is 11.1 Å². The number of hydrazone groups is 1. The average molecular weight is 321 g/mol. The summed E-state index contributed by atoms with van der Waals surface area (Å²) in [4.78, 5) is 11.8. The Morgan fingerprint density at radius 1 is 1.25 bits per heavy atom. The largest absolute Gasteiger partial charge is 0.484 e. The number of nitrogens with one attached hydrogen (secondary N) is 1. The molecule has 3 aromatic rings. The maximum atomic E-state index is 11.8. The summed E-state index contributed by atoms with van der Waals surface area (Å²) < 4.78 is 7.46. The number of benzene rings is 2. The molecule has 2 aromatic carbocycles. The molecular formula is C19H19N3O2. The Hall–Kier alpha value is -3.08. The van der Waals surface area contributed by atoms with Gasteiger partial charge in [0.2, 0.25) is 0 Å². The molecule has 1 heterocycles. The number of hydrogen-bond donors (Lipinski definition) is 1. The van der Waals surface area contributed by atoms with Gasteiger partial charge in [-0.15, -0.1) is 0 Å². The van der Waals surface area contributed by atoms with Crippen LogP contribution in [0.15, 0.2) is 59.8 Å². The molecule has 3 rings (SSSR count). The van der Waals surface area contributed by atoms with Gasteiger partial charge in [-0.1, -0.05) is 30.3 Å². The van der Waals surface area contributed by atoms with Gasteiger partial charge in [0.1, 0.15) is 5.75 Å². The van der Waals surface area contributed by atoms with Gasteiger partial charge in [-0.2, -0.15) is 5.10 Å². The molecule has 0 atom stereocenters. The summed E-state index contributed by atoms with van der Waals surface area (Å²) in [5.41, 5.74) is 5.64. The number of fused-ring (bicyclic) bond motifs is 1. The molecule has 0 spiro atoms. The van der Waals surface area contributed by atoms with E-state index in [0.717, 1.165) is 22.0 Å². The minimum atomic E-state index is -0.298. The van der Waals surface area contributed by atoms with Crippen molar-refractivity contribution in [2.75, 3.05) is 6.61 Å². The lowest BCUT2D eigenvalue weighted by Crippen LogP contribution is -2.24. The van der Waals surface area contributed by atoms with Crippen molar-refractivity contribution in [3.8, 4) is 5.75 Å². The lowest BCUT2D eigenvalue weighted by atomic mass is 10.2. The molecule has 122 valence electrons. The molecule has 0 aliphatic carbocycles. The smallest absolute Gasteiger partial charge is 0.277 e. The molecule has 0 aliphatic heterocycles. The molecule has 0 fully saturated rings. The fourth-order valence-electron chi connectivity index (χ4n) is 2.54. The lowest BCUT2D eigenvalue weighted by Gasteiger charge is -2.05. The topological polar surface area (TPSA) is 55.6 Å². The van der Waals surface area contributed by atoms with Crippen LogP contribution in [0.25, 0.3) is 10.9 Å². The van der Waals surface area contributed by atoms with Crippen LogP contribution in [0, 0.1) is 6.92 Å². The second-order valence-corrected chi connectivity index (χ2v) is 5.61. The first-order chi connectivity index (χ1) is 11.6. The lowest BCUT2D eigenvalue weighted by molar-refractivity contribution is -0.123. The van der Waals surface area contributed by atoms with Gasteiger partial charge in [0.05, 0.1) is 6.21 Å². The molecule has 1 N–H and O–H groups in total. The van der Waals surface area contributed by atoms with Crippen LogP contribution in [-0.4, -0.2) is 23.3 Å². The predicted molar refractivity (Wildman–Crippen MR) is 95.3 cm³/mol. The Kier molecular flexibility index (Phi) is 4.61. The number of rotatable bonds is 5. The van der Waals surface area contributed by atoms with Gasteiger partial charge in [-0.25, -0.2) is 5.43 Å². The van der Waals surface area contributed by atoms with E-state index in [9.17, 15) is 4.79 Å². The van der Waals surface area contributed by atoms with Crippen LogP contribution in [0.3, 0.4) is 0 Å². The number of carbonyl (C=O) groups is 1. The maximum absolute atomic E-state index is 11.8. The van der Waals surface area contributed by atoms with Crippen molar-refractivity contribution in [2.24, 2.45) is 12.1 Å². The van der Waals surface area contributed by atoms with E-state index < -0.39 is 0 Å². The van der Waals surface area contributed by atoms with Crippen molar-refractivity contribution in [1.82, 2.24) is 9.99 Å². The number of amides is 1. The van der Waals surface area contributed by atoms with E-state index >= 15 is 0 Å². The van der Waals surface area contributed by atoms with Crippen LogP contribution in [0.2, 0.25) is 0 Å². The molecule has 0 bridgehead atoms. The Balaban J connectivity index is 1.58. The molecule has 0 aliphatic rings. The summed E-state index contributed by atoms with van der Waals surface area (Å²) in [5.74, 6) is 0.371. The predicted octanol–water partition coefficient (Wildman–Crippen LogP) is 3.02. The first kappa shape index (κ1) is 15.8. The number of ether oxygens (including phenoxy) is 1. The molecular weight excluding hydrogens is 302 g/mol. The van der Waals surface area contributed by atoms with Crippen molar-refractivity contribution < 1.29 is 9.53 Å². The molecule has 24 heavy (non-hydrogen) atoms. The highest BCUT2D eigenvalue weighted by molar-refractivity contribution is 5.99. The molecule has 0 saturated heterocycles. The first-order valence-electron chi connectivity index (χ1n) is 7.69. The van der Waals surface area contributed by atoms with E-state index in [1.54, 1.807) is 6.21 Å². The molecule has 1 aromatic heterocycles. The fraction of sp³-hybridized carbons (Fsp3) is 0.158. The van der Waals surface area contributed by atoms with Crippen LogP contribution in [0.5, 0.6) is 5.75 Å². The number of nitrogens with zero attached hydrogens (tertiary/aromatic N) is 2. The zero-order chi connectivity index (χ0) is 16.9. The van der Waals surface area contributed by atoms with Gasteiger partial charge in [-0.3, -0.25) is 4.79 Å². The number of aryl methyl sites for hydroxylation is 2. The second-order valence-electron chi connectivity index (χ2n) is 5.61. The van der Waals surface area contributed by atoms with Crippen LogP contribution >= 0.6 is 0 Å². The van der Waals surface area contributed by atoms with Gasteiger partial charge in [0, 0.05) is 29.7 Å². The Labute approximate surface area is 140 Å². The van der Waals surface area contributed by atoms with E-state index in [4.69, 9.17) is 4.74 Å². The highest BCUT2D eigenvalue weighted by Gasteiger charge is 2.04. The second kappa shape index (κ2) is 7.00. The van der Waals surface area contributed by atoms with Crippen molar-refractivity contribution in [3.63, 3.8) is 0 Å². The van der Waals surface area contributed by atoms with E-state index in [1.807, 2.05) is 73.3 Å². The van der Waals surface area contributed by atoms with Crippen molar-refractivity contribution >= 4 is 23.0 Å². The van der Waals surface area contributed by atoms with Gasteiger partial charge in [0.15, 0.2) is 6.61 Å². The van der Waals surface area contributed by atoms with E-state index in [2.05, 4.69) is 10.5 Å². The standard InChI is InChI=1S/C19H19N3O2/c1-14-6-5-7-16(10-14)24-13-19(23)21-20-11-15-12-22(2)18-9-4-3-8-17(15)18/h3-12H,13H2,1-2H3,(H,21,23). The molecule has 1 amide bonds.